The molecule has 1 N–H and O–H groups in total. The van der Waals surface area contributed by atoms with Gasteiger partial charge in [-0.3, -0.25) is 4.90 Å². The smallest absolute Gasteiger partial charge is 0.308 e. The zero-order valence-electron chi connectivity index (χ0n) is 13.3. The van der Waals surface area contributed by atoms with Crippen molar-refractivity contribution >= 4 is 51.6 Å². The topological polar surface area (TPSA) is 32.3 Å². The molecule has 0 spiro atoms. The molecule has 3 rings (SSSR count). The van der Waals surface area contributed by atoms with Crippen LogP contribution in [0.25, 0.3) is 0 Å². The van der Waals surface area contributed by atoms with Crippen molar-refractivity contribution in [2.45, 2.75) is 6.54 Å². The highest BCUT2D eigenvalue weighted by Gasteiger charge is 2.19. The number of para-hydroxylation sites is 1. The minimum absolute atomic E-state index is 0.185. The van der Waals surface area contributed by atoms with Crippen molar-refractivity contribution in [3.63, 3.8) is 0 Å². The lowest BCUT2D eigenvalue weighted by molar-refractivity contribution is 0.256. The van der Waals surface area contributed by atoms with E-state index < -0.39 is 0 Å². The van der Waals surface area contributed by atoms with Gasteiger partial charge in [-0.1, -0.05) is 60.1 Å². The second-order valence-electron chi connectivity index (χ2n) is 5.46. The van der Waals surface area contributed by atoms with Gasteiger partial charge in [0.2, 0.25) is 0 Å². The van der Waals surface area contributed by atoms with Crippen LogP contribution in [0, 0.1) is 3.57 Å². The van der Waals surface area contributed by atoms with Crippen molar-refractivity contribution in [3.8, 4) is 0 Å². The molecule has 0 saturated carbocycles. The molecule has 0 atom stereocenters. The van der Waals surface area contributed by atoms with Crippen molar-refractivity contribution in [3.05, 3.63) is 93.0 Å². The summed E-state index contributed by atoms with van der Waals surface area (Å²) in [6.07, 6.45) is 0. The van der Waals surface area contributed by atoms with E-state index in [9.17, 15) is 4.79 Å². The third kappa shape index (κ3) is 4.74. The minimum Gasteiger partial charge on any atom is -0.308 e. The Kier molecular flexibility index (Phi) is 5.94. The molecular weight excluding hydrogens is 447 g/mol. The molecule has 0 heterocycles. The Bertz CT molecular complexity index is 856. The fraction of sp³-hybridized carbons (Fsp3) is 0.0500. The Morgan fingerprint density at radius 1 is 0.960 bits per heavy atom. The number of nitrogens with zero attached hydrogens (tertiary/aromatic N) is 1. The second-order valence-corrected chi connectivity index (χ2v) is 7.06. The lowest BCUT2D eigenvalue weighted by Crippen LogP contribution is -2.35. The molecule has 126 valence electrons. The summed E-state index contributed by atoms with van der Waals surface area (Å²) in [6, 6.07) is 24.7. The van der Waals surface area contributed by atoms with Gasteiger partial charge in [0.1, 0.15) is 0 Å². The molecule has 0 unspecified atom stereocenters. The molecule has 0 aliphatic heterocycles. The van der Waals surface area contributed by atoms with E-state index in [0.29, 0.717) is 11.6 Å². The predicted molar refractivity (Wildman–Crippen MR) is 112 cm³/mol. The SMILES string of the molecule is O=C(Nc1ccccc1)N(Cc1ccccc1)c1ccc(Cl)cc1I. The summed E-state index contributed by atoms with van der Waals surface area (Å²) in [5, 5.41) is 3.60. The molecule has 3 aromatic rings. The van der Waals surface area contributed by atoms with Crippen LogP contribution in [0.1, 0.15) is 5.56 Å². The molecule has 3 nitrogen and oxygen atoms in total. The first-order chi connectivity index (χ1) is 12.1. The number of hydrogen-bond acceptors (Lipinski definition) is 1. The number of amides is 2. The van der Waals surface area contributed by atoms with E-state index >= 15 is 0 Å². The lowest BCUT2D eigenvalue weighted by atomic mass is 10.2. The average Bonchev–Trinajstić information content (AvgIpc) is 2.62. The summed E-state index contributed by atoms with van der Waals surface area (Å²) in [4.78, 5) is 14.7. The summed E-state index contributed by atoms with van der Waals surface area (Å²) >= 11 is 8.27. The quantitative estimate of drug-likeness (QED) is 0.461. The Morgan fingerprint density at radius 2 is 1.60 bits per heavy atom. The van der Waals surface area contributed by atoms with Crippen molar-refractivity contribution < 1.29 is 4.79 Å². The Morgan fingerprint density at radius 3 is 2.24 bits per heavy atom. The van der Waals surface area contributed by atoms with Crippen LogP contribution in [0.2, 0.25) is 5.02 Å². The molecule has 0 radical (unpaired) electrons. The highest BCUT2D eigenvalue weighted by Crippen LogP contribution is 2.28. The molecular formula is C20H16ClIN2O. The van der Waals surface area contributed by atoms with Crippen LogP contribution in [0.4, 0.5) is 16.2 Å². The van der Waals surface area contributed by atoms with E-state index in [0.717, 1.165) is 20.5 Å². The van der Waals surface area contributed by atoms with Gasteiger partial charge >= 0.3 is 6.03 Å². The summed E-state index contributed by atoms with van der Waals surface area (Å²) < 4.78 is 0.921. The van der Waals surface area contributed by atoms with E-state index in [1.165, 1.54) is 0 Å². The second kappa shape index (κ2) is 8.36. The normalized spacial score (nSPS) is 10.3. The molecule has 5 heteroatoms. The first kappa shape index (κ1) is 17.8. The van der Waals surface area contributed by atoms with Crippen molar-refractivity contribution in [2.75, 3.05) is 10.2 Å². The van der Waals surface area contributed by atoms with Gasteiger partial charge in [-0.05, 0) is 58.5 Å². The molecule has 3 aromatic carbocycles. The molecule has 0 aromatic heterocycles. The zero-order chi connectivity index (χ0) is 17.6. The third-order valence-electron chi connectivity index (χ3n) is 3.65. The van der Waals surface area contributed by atoms with Crippen LogP contribution in [0.15, 0.2) is 78.9 Å². The predicted octanol–water partition coefficient (Wildman–Crippen LogP) is 6.18. The summed E-state index contributed by atoms with van der Waals surface area (Å²) in [6.45, 7) is 0.469. The summed E-state index contributed by atoms with van der Waals surface area (Å²) in [7, 11) is 0. The maximum Gasteiger partial charge on any atom is 0.326 e. The third-order valence-corrected chi connectivity index (χ3v) is 4.75. The number of urea groups is 1. The van der Waals surface area contributed by atoms with Crippen molar-refractivity contribution in [1.29, 1.82) is 0 Å². The van der Waals surface area contributed by atoms with Gasteiger partial charge in [0.25, 0.3) is 0 Å². The maximum atomic E-state index is 12.9. The first-order valence-electron chi connectivity index (χ1n) is 7.76. The van der Waals surface area contributed by atoms with Gasteiger partial charge in [-0.15, -0.1) is 0 Å². The Balaban J connectivity index is 1.92. The highest BCUT2D eigenvalue weighted by molar-refractivity contribution is 14.1. The fourth-order valence-corrected chi connectivity index (χ4v) is 3.61. The number of halogens is 2. The fourth-order valence-electron chi connectivity index (χ4n) is 2.44. The van der Waals surface area contributed by atoms with Gasteiger partial charge in [0, 0.05) is 14.3 Å². The number of benzene rings is 3. The van der Waals surface area contributed by atoms with E-state index in [1.54, 1.807) is 11.0 Å². The van der Waals surface area contributed by atoms with E-state index in [4.69, 9.17) is 11.6 Å². The van der Waals surface area contributed by atoms with Crippen LogP contribution < -0.4 is 10.2 Å². The minimum atomic E-state index is -0.185. The largest absolute Gasteiger partial charge is 0.326 e. The lowest BCUT2D eigenvalue weighted by Gasteiger charge is -2.24. The highest BCUT2D eigenvalue weighted by atomic mass is 127. The van der Waals surface area contributed by atoms with Gasteiger partial charge in [0.05, 0.1) is 12.2 Å². The molecule has 0 fully saturated rings. The molecule has 2 amide bonds. The molecule has 25 heavy (non-hydrogen) atoms. The number of nitrogens with one attached hydrogen (secondary N) is 1. The monoisotopic (exact) mass is 462 g/mol. The molecule has 0 aliphatic rings. The Labute approximate surface area is 165 Å². The van der Waals surface area contributed by atoms with E-state index in [2.05, 4.69) is 27.9 Å². The number of hydrogen-bond donors (Lipinski definition) is 1. The van der Waals surface area contributed by atoms with Crippen LogP contribution in [0.5, 0.6) is 0 Å². The summed E-state index contributed by atoms with van der Waals surface area (Å²) in [5.74, 6) is 0. The first-order valence-corrected chi connectivity index (χ1v) is 9.22. The number of carbonyl (C=O) groups is 1. The van der Waals surface area contributed by atoms with Crippen molar-refractivity contribution in [2.24, 2.45) is 0 Å². The van der Waals surface area contributed by atoms with E-state index in [1.807, 2.05) is 72.8 Å². The van der Waals surface area contributed by atoms with Crippen LogP contribution in [0.3, 0.4) is 0 Å². The number of anilines is 2. The van der Waals surface area contributed by atoms with Crippen molar-refractivity contribution in [1.82, 2.24) is 0 Å². The standard InChI is InChI=1S/C20H16ClIN2O/c21-16-11-12-19(18(22)13-16)24(14-15-7-3-1-4-8-15)20(25)23-17-9-5-2-6-10-17/h1-13H,14H2,(H,23,25). The van der Waals surface area contributed by atoms with Crippen LogP contribution in [-0.2, 0) is 6.54 Å². The van der Waals surface area contributed by atoms with Crippen LogP contribution >= 0.6 is 34.2 Å². The van der Waals surface area contributed by atoms with Gasteiger partial charge in [-0.25, -0.2) is 4.79 Å². The Hall–Kier alpha value is -2.05. The number of carbonyl (C=O) groups excluding carboxylic acids is 1. The molecule has 0 bridgehead atoms. The van der Waals surface area contributed by atoms with Gasteiger partial charge in [-0.2, -0.15) is 0 Å². The van der Waals surface area contributed by atoms with Crippen LogP contribution in [-0.4, -0.2) is 6.03 Å². The number of rotatable bonds is 4. The van der Waals surface area contributed by atoms with Gasteiger partial charge in [0.15, 0.2) is 0 Å². The average molecular weight is 463 g/mol. The maximum absolute atomic E-state index is 12.9. The summed E-state index contributed by atoms with van der Waals surface area (Å²) in [5.41, 5.74) is 2.63. The van der Waals surface area contributed by atoms with E-state index in [-0.39, 0.29) is 6.03 Å². The molecule has 0 aliphatic carbocycles. The van der Waals surface area contributed by atoms with Gasteiger partial charge < -0.3 is 5.32 Å². The zero-order valence-corrected chi connectivity index (χ0v) is 16.2. The molecule has 0 saturated heterocycles.